The lowest BCUT2D eigenvalue weighted by atomic mass is 10.2. The lowest BCUT2D eigenvalue weighted by Gasteiger charge is -2.09. The van der Waals surface area contributed by atoms with Gasteiger partial charge in [0, 0.05) is 19.2 Å². The highest BCUT2D eigenvalue weighted by Crippen LogP contribution is 2.17. The number of anilines is 1. The van der Waals surface area contributed by atoms with Gasteiger partial charge in [-0.1, -0.05) is 0 Å². The van der Waals surface area contributed by atoms with E-state index in [-0.39, 0.29) is 18.1 Å². The summed E-state index contributed by atoms with van der Waals surface area (Å²) >= 11 is 0. The molecular weight excluding hydrogens is 272 g/mol. The average molecular weight is 292 g/mol. The molecule has 2 amide bonds. The van der Waals surface area contributed by atoms with Gasteiger partial charge in [0.25, 0.3) is 0 Å². The van der Waals surface area contributed by atoms with E-state index in [1.165, 1.54) is 4.90 Å². The van der Waals surface area contributed by atoms with Crippen LogP contribution in [-0.2, 0) is 9.53 Å². The second-order valence-electron chi connectivity index (χ2n) is 4.93. The second kappa shape index (κ2) is 6.97. The van der Waals surface area contributed by atoms with Crippen molar-refractivity contribution in [2.75, 3.05) is 25.5 Å². The minimum absolute atomic E-state index is 0.0928. The van der Waals surface area contributed by atoms with Crippen molar-refractivity contribution in [3.8, 4) is 5.75 Å². The number of likely N-dealkylation sites (N-methyl/N-ethyl adjacent to an activating group) is 1. The minimum Gasteiger partial charge on any atom is -0.494 e. The van der Waals surface area contributed by atoms with Crippen LogP contribution in [0.3, 0.4) is 0 Å². The van der Waals surface area contributed by atoms with Crippen LogP contribution in [0.2, 0.25) is 0 Å². The number of amides is 2. The number of nitrogens with zero attached hydrogens (tertiary/aromatic N) is 1. The molecule has 6 heteroatoms. The summed E-state index contributed by atoms with van der Waals surface area (Å²) in [4.78, 5) is 24.6. The Balaban J connectivity index is 1.75. The Bertz CT molecular complexity index is 501. The smallest absolute Gasteiger partial charge is 0.409 e. The van der Waals surface area contributed by atoms with Gasteiger partial charge in [-0.25, -0.2) is 4.79 Å². The van der Waals surface area contributed by atoms with Crippen LogP contribution in [0.15, 0.2) is 24.3 Å². The number of hydrogen-bond acceptors (Lipinski definition) is 4. The monoisotopic (exact) mass is 292 g/mol. The molecule has 114 valence electrons. The summed E-state index contributed by atoms with van der Waals surface area (Å²) < 4.78 is 10.4. The SMILES string of the molecule is CCOc1ccc(NC(=O)CCC2CN(C)C(=O)O2)cc1. The number of cyclic esters (lactones) is 1. The van der Waals surface area contributed by atoms with Crippen molar-refractivity contribution in [2.24, 2.45) is 0 Å². The van der Waals surface area contributed by atoms with Crippen LogP contribution in [0, 0.1) is 0 Å². The molecule has 2 rings (SSSR count). The Labute approximate surface area is 124 Å². The van der Waals surface area contributed by atoms with Gasteiger partial charge in [-0.05, 0) is 37.6 Å². The van der Waals surface area contributed by atoms with Crippen LogP contribution in [0.1, 0.15) is 19.8 Å². The summed E-state index contributed by atoms with van der Waals surface area (Å²) in [5, 5.41) is 2.81. The zero-order valence-electron chi connectivity index (χ0n) is 12.3. The third kappa shape index (κ3) is 4.37. The summed E-state index contributed by atoms with van der Waals surface area (Å²) in [5.41, 5.74) is 0.726. The first-order valence-electron chi connectivity index (χ1n) is 7.03. The summed E-state index contributed by atoms with van der Waals surface area (Å²) in [5.74, 6) is 0.682. The van der Waals surface area contributed by atoms with E-state index in [0.717, 1.165) is 11.4 Å². The van der Waals surface area contributed by atoms with Gasteiger partial charge in [-0.3, -0.25) is 4.79 Å². The first-order valence-corrected chi connectivity index (χ1v) is 7.03. The van der Waals surface area contributed by atoms with Gasteiger partial charge in [0.2, 0.25) is 5.91 Å². The highest BCUT2D eigenvalue weighted by Gasteiger charge is 2.28. The van der Waals surface area contributed by atoms with Crippen LogP contribution in [0.5, 0.6) is 5.75 Å². The van der Waals surface area contributed by atoms with Gasteiger partial charge < -0.3 is 19.7 Å². The fourth-order valence-corrected chi connectivity index (χ4v) is 2.12. The maximum absolute atomic E-state index is 11.8. The van der Waals surface area contributed by atoms with Crippen LogP contribution >= 0.6 is 0 Å². The molecule has 1 saturated heterocycles. The molecule has 1 unspecified atom stereocenters. The van der Waals surface area contributed by atoms with E-state index in [0.29, 0.717) is 26.0 Å². The number of hydrogen-bond donors (Lipinski definition) is 1. The van der Waals surface area contributed by atoms with Crippen LogP contribution in [0.25, 0.3) is 0 Å². The number of nitrogens with one attached hydrogen (secondary N) is 1. The summed E-state index contributed by atoms with van der Waals surface area (Å²) in [7, 11) is 1.68. The standard InChI is InChI=1S/C15H20N2O4/c1-3-20-12-6-4-11(5-7-12)16-14(18)9-8-13-10-17(2)15(19)21-13/h4-7,13H,3,8-10H2,1-2H3,(H,16,18). The van der Waals surface area contributed by atoms with Gasteiger partial charge in [0.1, 0.15) is 11.9 Å². The van der Waals surface area contributed by atoms with Crippen LogP contribution in [0.4, 0.5) is 10.5 Å². The van der Waals surface area contributed by atoms with E-state index in [4.69, 9.17) is 9.47 Å². The predicted molar refractivity (Wildman–Crippen MR) is 78.4 cm³/mol. The molecule has 21 heavy (non-hydrogen) atoms. The molecule has 1 N–H and O–H groups in total. The van der Waals surface area contributed by atoms with Gasteiger partial charge >= 0.3 is 6.09 Å². The molecule has 0 saturated carbocycles. The highest BCUT2D eigenvalue weighted by molar-refractivity contribution is 5.90. The molecule has 1 aromatic rings. The topological polar surface area (TPSA) is 67.9 Å². The number of benzene rings is 1. The first kappa shape index (κ1) is 15.2. The Morgan fingerprint density at radius 2 is 2.14 bits per heavy atom. The summed E-state index contributed by atoms with van der Waals surface area (Å²) in [6.45, 7) is 3.07. The molecule has 0 radical (unpaired) electrons. The molecule has 1 heterocycles. The zero-order chi connectivity index (χ0) is 15.2. The molecule has 0 bridgehead atoms. The van der Waals surface area contributed by atoms with E-state index in [1.54, 1.807) is 19.2 Å². The molecule has 1 atom stereocenters. The van der Waals surface area contributed by atoms with Gasteiger partial charge in [-0.2, -0.15) is 0 Å². The van der Waals surface area contributed by atoms with Crippen molar-refractivity contribution in [3.63, 3.8) is 0 Å². The Morgan fingerprint density at radius 3 is 2.71 bits per heavy atom. The van der Waals surface area contributed by atoms with Crippen molar-refractivity contribution < 1.29 is 19.1 Å². The van der Waals surface area contributed by atoms with Crippen molar-refractivity contribution >= 4 is 17.7 Å². The number of ether oxygens (including phenoxy) is 2. The van der Waals surface area contributed by atoms with E-state index in [2.05, 4.69) is 5.32 Å². The molecule has 0 aromatic heterocycles. The fourth-order valence-electron chi connectivity index (χ4n) is 2.12. The molecule has 1 fully saturated rings. The second-order valence-corrected chi connectivity index (χ2v) is 4.93. The van der Waals surface area contributed by atoms with E-state index >= 15 is 0 Å². The molecule has 1 aliphatic heterocycles. The lowest BCUT2D eigenvalue weighted by molar-refractivity contribution is -0.116. The normalized spacial score (nSPS) is 17.5. The van der Waals surface area contributed by atoms with Crippen molar-refractivity contribution in [1.82, 2.24) is 4.90 Å². The quantitative estimate of drug-likeness (QED) is 0.873. The van der Waals surface area contributed by atoms with E-state index < -0.39 is 0 Å². The van der Waals surface area contributed by atoms with Crippen LogP contribution in [-0.4, -0.2) is 43.2 Å². The lowest BCUT2D eigenvalue weighted by Crippen LogP contribution is -2.20. The molecule has 1 aromatic carbocycles. The molecule has 6 nitrogen and oxygen atoms in total. The van der Waals surface area contributed by atoms with Gasteiger partial charge in [-0.15, -0.1) is 0 Å². The van der Waals surface area contributed by atoms with Crippen molar-refractivity contribution in [2.45, 2.75) is 25.9 Å². The van der Waals surface area contributed by atoms with E-state index in [1.807, 2.05) is 19.1 Å². The zero-order valence-corrected chi connectivity index (χ0v) is 12.3. The van der Waals surface area contributed by atoms with Crippen molar-refractivity contribution in [1.29, 1.82) is 0 Å². The Hall–Kier alpha value is -2.24. The van der Waals surface area contributed by atoms with Crippen LogP contribution < -0.4 is 10.1 Å². The van der Waals surface area contributed by atoms with Crippen molar-refractivity contribution in [3.05, 3.63) is 24.3 Å². The van der Waals surface area contributed by atoms with Gasteiger partial charge in [0.15, 0.2) is 0 Å². The number of rotatable bonds is 6. The van der Waals surface area contributed by atoms with Gasteiger partial charge in [0.05, 0.1) is 13.2 Å². The first-order chi connectivity index (χ1) is 10.1. The maximum atomic E-state index is 11.8. The highest BCUT2D eigenvalue weighted by atomic mass is 16.6. The number of carbonyl (C=O) groups excluding carboxylic acids is 2. The maximum Gasteiger partial charge on any atom is 0.409 e. The summed E-state index contributed by atoms with van der Waals surface area (Å²) in [6.07, 6.45) is 0.318. The molecule has 0 aliphatic carbocycles. The Kier molecular flexibility index (Phi) is 5.03. The third-order valence-corrected chi connectivity index (χ3v) is 3.20. The fraction of sp³-hybridized carbons (Fsp3) is 0.467. The van der Waals surface area contributed by atoms with E-state index in [9.17, 15) is 9.59 Å². The summed E-state index contributed by atoms with van der Waals surface area (Å²) in [6, 6.07) is 7.22. The predicted octanol–water partition coefficient (Wildman–Crippen LogP) is 2.25. The molecule has 1 aliphatic rings. The Morgan fingerprint density at radius 1 is 1.43 bits per heavy atom. The third-order valence-electron chi connectivity index (χ3n) is 3.20. The average Bonchev–Trinajstić information content (AvgIpc) is 2.78. The minimum atomic E-state index is -0.327. The largest absolute Gasteiger partial charge is 0.494 e. The molecule has 0 spiro atoms. The molecular formula is C15H20N2O4. The number of carbonyl (C=O) groups is 2.